The lowest BCUT2D eigenvalue weighted by molar-refractivity contribution is 0.258. The Labute approximate surface area is 119 Å². The van der Waals surface area contributed by atoms with Gasteiger partial charge in [0.1, 0.15) is 0 Å². The highest BCUT2D eigenvalue weighted by Crippen LogP contribution is 2.26. The van der Waals surface area contributed by atoms with Gasteiger partial charge in [-0.25, -0.2) is 0 Å². The first-order chi connectivity index (χ1) is 8.61. The molecule has 100 valence electrons. The van der Waals surface area contributed by atoms with Gasteiger partial charge >= 0.3 is 0 Å². The number of rotatable bonds is 3. The molecule has 1 aromatic carbocycles. The number of hydrogen-bond donors (Lipinski definition) is 0. The van der Waals surface area contributed by atoms with Crippen LogP contribution in [0, 0.1) is 6.92 Å². The molecule has 1 aliphatic heterocycles. The number of nitrogens with zero attached hydrogens (tertiary/aromatic N) is 2. The Morgan fingerprint density at radius 1 is 1.39 bits per heavy atom. The van der Waals surface area contributed by atoms with Crippen LogP contribution >= 0.6 is 15.9 Å². The van der Waals surface area contributed by atoms with Gasteiger partial charge in [-0.1, -0.05) is 28.1 Å². The average molecular weight is 311 g/mol. The molecule has 2 rings (SSSR count). The molecule has 0 N–H and O–H groups in total. The van der Waals surface area contributed by atoms with Crippen LogP contribution in [0.2, 0.25) is 0 Å². The number of hydrogen-bond acceptors (Lipinski definition) is 2. The molecule has 0 radical (unpaired) electrons. The molecule has 1 aliphatic rings. The lowest BCUT2D eigenvalue weighted by atomic mass is 10.0. The van der Waals surface area contributed by atoms with Gasteiger partial charge in [-0.3, -0.25) is 0 Å². The van der Waals surface area contributed by atoms with E-state index in [1.54, 1.807) is 0 Å². The van der Waals surface area contributed by atoms with Crippen LogP contribution in [-0.2, 0) is 5.33 Å². The summed E-state index contributed by atoms with van der Waals surface area (Å²) >= 11 is 3.52. The number of benzene rings is 1. The molecule has 1 heterocycles. The molecule has 0 aliphatic carbocycles. The van der Waals surface area contributed by atoms with E-state index in [9.17, 15) is 0 Å². The van der Waals surface area contributed by atoms with Crippen molar-refractivity contribution in [2.75, 3.05) is 32.1 Å². The SMILES string of the molecule is Cc1cc(CBr)ccc1N1CCCC(N(C)C)C1. The van der Waals surface area contributed by atoms with Gasteiger partial charge in [0.25, 0.3) is 0 Å². The van der Waals surface area contributed by atoms with Crippen LogP contribution in [0.5, 0.6) is 0 Å². The van der Waals surface area contributed by atoms with Crippen LogP contribution in [0.3, 0.4) is 0 Å². The van der Waals surface area contributed by atoms with Crippen LogP contribution in [0.15, 0.2) is 18.2 Å². The van der Waals surface area contributed by atoms with Crippen molar-refractivity contribution in [2.24, 2.45) is 0 Å². The summed E-state index contributed by atoms with van der Waals surface area (Å²) in [6, 6.07) is 7.50. The minimum absolute atomic E-state index is 0.689. The van der Waals surface area contributed by atoms with Gasteiger partial charge in [-0.05, 0) is 51.1 Å². The molecule has 0 spiro atoms. The lowest BCUT2D eigenvalue weighted by Gasteiger charge is -2.38. The van der Waals surface area contributed by atoms with Crippen molar-refractivity contribution in [2.45, 2.75) is 31.1 Å². The standard InChI is InChI=1S/C15H23BrN2/c1-12-9-13(10-16)6-7-15(12)18-8-4-5-14(11-18)17(2)3/h6-7,9,14H,4-5,8,10-11H2,1-3H3. The van der Waals surface area contributed by atoms with Gasteiger partial charge in [0.15, 0.2) is 0 Å². The maximum atomic E-state index is 3.52. The summed E-state index contributed by atoms with van der Waals surface area (Å²) in [6.07, 6.45) is 2.62. The minimum atomic E-state index is 0.689. The summed E-state index contributed by atoms with van der Waals surface area (Å²) in [5.74, 6) is 0. The molecule has 0 aromatic heterocycles. The number of halogens is 1. The van der Waals surface area contributed by atoms with Gasteiger partial charge < -0.3 is 9.80 Å². The summed E-state index contributed by atoms with van der Waals surface area (Å²) in [7, 11) is 4.38. The first kappa shape index (κ1) is 13.9. The molecule has 0 amide bonds. The Morgan fingerprint density at radius 2 is 2.17 bits per heavy atom. The highest BCUT2D eigenvalue weighted by molar-refractivity contribution is 9.08. The highest BCUT2D eigenvalue weighted by atomic mass is 79.9. The molecule has 0 saturated carbocycles. The second-order valence-electron chi connectivity index (χ2n) is 5.46. The van der Waals surface area contributed by atoms with Crippen LogP contribution in [0.1, 0.15) is 24.0 Å². The molecule has 3 heteroatoms. The van der Waals surface area contributed by atoms with Crippen LogP contribution in [-0.4, -0.2) is 38.1 Å². The second-order valence-corrected chi connectivity index (χ2v) is 6.02. The predicted molar refractivity (Wildman–Crippen MR) is 82.7 cm³/mol. The maximum absolute atomic E-state index is 3.52. The van der Waals surface area contributed by atoms with Crippen molar-refractivity contribution in [3.8, 4) is 0 Å². The van der Waals surface area contributed by atoms with Crippen molar-refractivity contribution in [3.63, 3.8) is 0 Å². The molecular formula is C15H23BrN2. The molecule has 1 atom stereocenters. The largest absolute Gasteiger partial charge is 0.370 e. The maximum Gasteiger partial charge on any atom is 0.0396 e. The Balaban J connectivity index is 2.15. The van der Waals surface area contributed by atoms with Crippen molar-refractivity contribution in [1.82, 2.24) is 4.90 Å². The normalized spacial score (nSPS) is 20.5. The van der Waals surface area contributed by atoms with E-state index in [4.69, 9.17) is 0 Å². The number of piperidine rings is 1. The fourth-order valence-corrected chi connectivity index (χ4v) is 3.10. The first-order valence-electron chi connectivity index (χ1n) is 6.68. The van der Waals surface area contributed by atoms with Crippen LogP contribution in [0.4, 0.5) is 5.69 Å². The number of likely N-dealkylation sites (N-methyl/N-ethyl adjacent to an activating group) is 1. The van der Waals surface area contributed by atoms with E-state index in [0.717, 1.165) is 11.9 Å². The summed E-state index contributed by atoms with van der Waals surface area (Å²) in [6.45, 7) is 4.57. The molecule has 0 bridgehead atoms. The van der Waals surface area contributed by atoms with Gasteiger partial charge in [0.2, 0.25) is 0 Å². The Hall–Kier alpha value is -0.540. The first-order valence-corrected chi connectivity index (χ1v) is 7.81. The van der Waals surface area contributed by atoms with Gasteiger partial charge in [-0.2, -0.15) is 0 Å². The topological polar surface area (TPSA) is 6.48 Å². The average Bonchev–Trinajstić information content (AvgIpc) is 2.38. The minimum Gasteiger partial charge on any atom is -0.370 e. The van der Waals surface area contributed by atoms with Crippen molar-refractivity contribution < 1.29 is 0 Å². The third kappa shape index (κ3) is 3.07. The Bertz CT molecular complexity index is 403. The monoisotopic (exact) mass is 310 g/mol. The smallest absolute Gasteiger partial charge is 0.0396 e. The highest BCUT2D eigenvalue weighted by Gasteiger charge is 2.22. The number of anilines is 1. The van der Waals surface area contributed by atoms with E-state index in [0.29, 0.717) is 6.04 Å². The van der Waals surface area contributed by atoms with E-state index in [1.165, 1.54) is 36.2 Å². The predicted octanol–water partition coefficient (Wildman–Crippen LogP) is 3.42. The summed E-state index contributed by atoms with van der Waals surface area (Å²) in [5, 5.41) is 0.939. The molecule has 2 nitrogen and oxygen atoms in total. The fraction of sp³-hybridized carbons (Fsp3) is 0.600. The fourth-order valence-electron chi connectivity index (χ4n) is 2.75. The Kier molecular flexibility index (Phi) is 4.68. The lowest BCUT2D eigenvalue weighted by Crippen LogP contribution is -2.45. The van der Waals surface area contributed by atoms with Crippen LogP contribution in [0.25, 0.3) is 0 Å². The van der Waals surface area contributed by atoms with Gasteiger partial charge in [0, 0.05) is 30.1 Å². The van der Waals surface area contributed by atoms with Gasteiger partial charge in [0.05, 0.1) is 0 Å². The summed E-state index contributed by atoms with van der Waals surface area (Å²) < 4.78 is 0. The van der Waals surface area contributed by atoms with E-state index in [1.807, 2.05) is 0 Å². The third-order valence-corrected chi connectivity index (χ3v) is 4.53. The number of alkyl halides is 1. The third-order valence-electron chi connectivity index (χ3n) is 3.88. The Morgan fingerprint density at radius 3 is 2.78 bits per heavy atom. The zero-order valence-corrected chi connectivity index (χ0v) is 13.2. The van der Waals surface area contributed by atoms with E-state index >= 15 is 0 Å². The van der Waals surface area contributed by atoms with E-state index in [2.05, 4.69) is 64.9 Å². The molecule has 1 aromatic rings. The quantitative estimate of drug-likeness (QED) is 0.789. The zero-order valence-electron chi connectivity index (χ0n) is 11.6. The van der Waals surface area contributed by atoms with Gasteiger partial charge in [-0.15, -0.1) is 0 Å². The summed E-state index contributed by atoms with van der Waals surface area (Å²) in [4.78, 5) is 4.90. The molecule has 1 unspecified atom stereocenters. The zero-order chi connectivity index (χ0) is 13.1. The van der Waals surface area contributed by atoms with Crippen molar-refractivity contribution >= 4 is 21.6 Å². The van der Waals surface area contributed by atoms with E-state index in [-0.39, 0.29) is 0 Å². The molecule has 1 fully saturated rings. The molecular weight excluding hydrogens is 288 g/mol. The molecule has 1 saturated heterocycles. The van der Waals surface area contributed by atoms with Crippen molar-refractivity contribution in [3.05, 3.63) is 29.3 Å². The van der Waals surface area contributed by atoms with Crippen LogP contribution < -0.4 is 4.90 Å². The second kappa shape index (κ2) is 6.07. The number of aryl methyl sites for hydroxylation is 1. The summed E-state index contributed by atoms with van der Waals surface area (Å²) in [5.41, 5.74) is 4.16. The molecule has 18 heavy (non-hydrogen) atoms. The van der Waals surface area contributed by atoms with E-state index < -0.39 is 0 Å². The van der Waals surface area contributed by atoms with Crippen molar-refractivity contribution in [1.29, 1.82) is 0 Å².